The van der Waals surface area contributed by atoms with Crippen LogP contribution in [0.3, 0.4) is 0 Å². The molecule has 1 N–H and O–H groups in total. The number of carbonyl (C=O) groups excluding carboxylic acids is 3. The lowest BCUT2D eigenvalue weighted by molar-refractivity contribution is -0.127. The van der Waals surface area contributed by atoms with Gasteiger partial charge in [-0.2, -0.15) is 0 Å². The molecule has 0 bridgehead atoms. The molecule has 1 aliphatic heterocycles. The lowest BCUT2D eigenvalue weighted by Gasteiger charge is -2.45. The SMILES string of the molecule is CC1(C)CC(N=C=O)CC(C)(CNC(=O)N2CCCCCC2=O)C1. The molecule has 1 saturated heterocycles. The summed E-state index contributed by atoms with van der Waals surface area (Å²) in [5.41, 5.74) is -0.0848. The van der Waals surface area contributed by atoms with Gasteiger partial charge in [-0.15, -0.1) is 0 Å². The standard InChI is InChI=1S/C18H29N3O3/c1-17(2)9-14(20-13-22)10-18(3,11-17)12-19-16(24)21-8-6-4-5-7-15(21)23/h14H,4-12H2,1-3H3,(H,19,24). The van der Waals surface area contributed by atoms with Crippen LogP contribution < -0.4 is 5.32 Å². The van der Waals surface area contributed by atoms with Crippen molar-refractivity contribution in [2.75, 3.05) is 13.1 Å². The number of nitrogens with zero attached hydrogens (tertiary/aromatic N) is 2. The number of carbonyl (C=O) groups is 2. The summed E-state index contributed by atoms with van der Waals surface area (Å²) in [4.78, 5) is 40.4. The second-order valence-electron chi connectivity index (χ2n) is 8.45. The molecule has 3 amide bonds. The normalized spacial score (nSPS) is 30.2. The number of aliphatic imine (C=N–C) groups is 1. The molecule has 0 aromatic heterocycles. The second-order valence-corrected chi connectivity index (χ2v) is 8.45. The highest BCUT2D eigenvalue weighted by atomic mass is 16.2. The Balaban J connectivity index is 1.99. The average Bonchev–Trinajstić information content (AvgIpc) is 2.68. The van der Waals surface area contributed by atoms with Gasteiger partial charge >= 0.3 is 6.03 Å². The number of amides is 3. The zero-order valence-corrected chi connectivity index (χ0v) is 15.1. The summed E-state index contributed by atoms with van der Waals surface area (Å²) >= 11 is 0. The zero-order chi connectivity index (χ0) is 17.8. The van der Waals surface area contributed by atoms with Gasteiger partial charge < -0.3 is 5.32 Å². The Morgan fingerprint density at radius 2 is 2.04 bits per heavy atom. The molecule has 134 valence electrons. The largest absolute Gasteiger partial charge is 0.337 e. The van der Waals surface area contributed by atoms with Crippen LogP contribution in [0.4, 0.5) is 4.79 Å². The minimum Gasteiger partial charge on any atom is -0.337 e. The number of urea groups is 1. The summed E-state index contributed by atoms with van der Waals surface area (Å²) in [6.07, 6.45) is 7.41. The van der Waals surface area contributed by atoms with Crippen LogP contribution in [0.1, 0.15) is 65.7 Å². The third kappa shape index (κ3) is 4.91. The van der Waals surface area contributed by atoms with Crippen molar-refractivity contribution in [1.29, 1.82) is 0 Å². The molecule has 2 fully saturated rings. The summed E-state index contributed by atoms with van der Waals surface area (Å²) in [5.74, 6) is -0.0810. The van der Waals surface area contributed by atoms with E-state index in [9.17, 15) is 14.4 Å². The first-order valence-corrected chi connectivity index (χ1v) is 8.90. The van der Waals surface area contributed by atoms with E-state index in [1.54, 1.807) is 6.08 Å². The zero-order valence-electron chi connectivity index (χ0n) is 15.1. The molecule has 6 nitrogen and oxygen atoms in total. The highest BCUT2D eigenvalue weighted by Gasteiger charge is 2.41. The van der Waals surface area contributed by atoms with E-state index in [1.165, 1.54) is 4.90 Å². The number of hydrogen-bond acceptors (Lipinski definition) is 4. The van der Waals surface area contributed by atoms with E-state index in [1.807, 2.05) is 0 Å². The number of hydrogen-bond donors (Lipinski definition) is 1. The molecule has 24 heavy (non-hydrogen) atoms. The summed E-state index contributed by atoms with van der Waals surface area (Å²) in [5, 5.41) is 2.95. The Kier molecular flexibility index (Phi) is 5.81. The summed E-state index contributed by atoms with van der Waals surface area (Å²) in [6.45, 7) is 7.44. The van der Waals surface area contributed by atoms with Gasteiger partial charge in [0, 0.05) is 19.5 Å². The van der Waals surface area contributed by atoms with Crippen molar-refractivity contribution in [1.82, 2.24) is 10.2 Å². The highest BCUT2D eigenvalue weighted by Crippen LogP contribution is 2.46. The van der Waals surface area contributed by atoms with E-state index in [4.69, 9.17) is 0 Å². The average molecular weight is 335 g/mol. The van der Waals surface area contributed by atoms with Crippen LogP contribution in [0.5, 0.6) is 0 Å². The fraction of sp³-hybridized carbons (Fsp3) is 0.833. The van der Waals surface area contributed by atoms with Gasteiger partial charge in [-0.1, -0.05) is 27.2 Å². The summed E-state index contributed by atoms with van der Waals surface area (Å²) < 4.78 is 0. The van der Waals surface area contributed by atoms with E-state index in [2.05, 4.69) is 31.1 Å². The molecule has 1 heterocycles. The van der Waals surface area contributed by atoms with Crippen LogP contribution in [0.25, 0.3) is 0 Å². The van der Waals surface area contributed by atoms with E-state index >= 15 is 0 Å². The monoisotopic (exact) mass is 335 g/mol. The van der Waals surface area contributed by atoms with Crippen molar-refractivity contribution in [2.45, 2.75) is 71.8 Å². The van der Waals surface area contributed by atoms with Crippen molar-refractivity contribution in [3.05, 3.63) is 0 Å². The van der Waals surface area contributed by atoms with Crippen LogP contribution in [-0.4, -0.2) is 42.0 Å². The molecular weight excluding hydrogens is 306 g/mol. The van der Waals surface area contributed by atoms with Gasteiger partial charge in [0.1, 0.15) is 0 Å². The van der Waals surface area contributed by atoms with Gasteiger partial charge in [-0.3, -0.25) is 9.69 Å². The van der Waals surface area contributed by atoms with Crippen LogP contribution in [0.15, 0.2) is 4.99 Å². The lowest BCUT2D eigenvalue weighted by atomic mass is 9.63. The number of likely N-dealkylation sites (tertiary alicyclic amines) is 1. The summed E-state index contributed by atoms with van der Waals surface area (Å²) in [7, 11) is 0. The minimum absolute atomic E-state index is 0.0482. The first-order valence-electron chi connectivity index (χ1n) is 8.90. The smallest absolute Gasteiger partial charge is 0.324 e. The molecule has 2 atom stereocenters. The Labute approximate surface area is 144 Å². The second kappa shape index (κ2) is 7.47. The first-order chi connectivity index (χ1) is 11.2. The molecule has 1 aliphatic carbocycles. The number of isocyanates is 1. The molecular formula is C18H29N3O3. The Morgan fingerprint density at radius 1 is 1.29 bits per heavy atom. The molecule has 0 spiro atoms. The maximum absolute atomic E-state index is 12.4. The molecule has 2 unspecified atom stereocenters. The van der Waals surface area contributed by atoms with E-state index < -0.39 is 0 Å². The van der Waals surface area contributed by atoms with Crippen molar-refractivity contribution in [3.8, 4) is 0 Å². The molecule has 0 aromatic carbocycles. The minimum atomic E-state index is -0.290. The quantitative estimate of drug-likeness (QED) is 0.636. The predicted octanol–water partition coefficient (Wildman–Crippen LogP) is 3.02. The number of imide groups is 1. The molecule has 2 rings (SSSR count). The van der Waals surface area contributed by atoms with Gasteiger partial charge in [0.25, 0.3) is 0 Å². The third-order valence-corrected chi connectivity index (χ3v) is 5.14. The molecule has 0 aromatic rings. The molecule has 0 radical (unpaired) electrons. The van der Waals surface area contributed by atoms with Gasteiger partial charge in [0.05, 0.1) is 6.04 Å². The van der Waals surface area contributed by atoms with Crippen molar-refractivity contribution in [3.63, 3.8) is 0 Å². The predicted molar refractivity (Wildman–Crippen MR) is 91.2 cm³/mol. The van der Waals surface area contributed by atoms with E-state index in [0.29, 0.717) is 19.5 Å². The van der Waals surface area contributed by atoms with Crippen molar-refractivity contribution < 1.29 is 14.4 Å². The lowest BCUT2D eigenvalue weighted by Crippen LogP contribution is -2.49. The molecule has 1 saturated carbocycles. The van der Waals surface area contributed by atoms with Gasteiger partial charge in [-0.05, 0) is 42.9 Å². The maximum Gasteiger partial charge on any atom is 0.324 e. The molecule has 6 heteroatoms. The van der Waals surface area contributed by atoms with Crippen LogP contribution >= 0.6 is 0 Å². The topological polar surface area (TPSA) is 78.8 Å². The Bertz CT molecular complexity index is 540. The van der Waals surface area contributed by atoms with Crippen LogP contribution in [0, 0.1) is 10.8 Å². The maximum atomic E-state index is 12.4. The fourth-order valence-corrected chi connectivity index (χ4v) is 4.46. The van der Waals surface area contributed by atoms with Gasteiger partial charge in [0.15, 0.2) is 0 Å². The van der Waals surface area contributed by atoms with Crippen molar-refractivity contribution in [2.24, 2.45) is 15.8 Å². The van der Waals surface area contributed by atoms with Gasteiger partial charge in [-0.25, -0.2) is 14.6 Å². The Morgan fingerprint density at radius 3 is 2.75 bits per heavy atom. The fourth-order valence-electron chi connectivity index (χ4n) is 4.46. The van der Waals surface area contributed by atoms with Crippen molar-refractivity contribution >= 4 is 18.0 Å². The van der Waals surface area contributed by atoms with E-state index in [0.717, 1.165) is 38.5 Å². The highest BCUT2D eigenvalue weighted by molar-refractivity contribution is 5.94. The molecule has 2 aliphatic rings. The number of rotatable bonds is 3. The summed E-state index contributed by atoms with van der Waals surface area (Å²) in [6, 6.07) is -0.338. The van der Waals surface area contributed by atoms with E-state index in [-0.39, 0.29) is 28.8 Å². The number of nitrogens with one attached hydrogen (secondary N) is 1. The van der Waals surface area contributed by atoms with Crippen LogP contribution in [0.2, 0.25) is 0 Å². The van der Waals surface area contributed by atoms with Crippen LogP contribution in [-0.2, 0) is 9.59 Å². The van der Waals surface area contributed by atoms with Gasteiger partial charge in [0.2, 0.25) is 12.0 Å². The first kappa shape index (κ1) is 18.7. The third-order valence-electron chi connectivity index (χ3n) is 5.14. The Hall–Kier alpha value is -1.68.